The molecule has 0 aliphatic heterocycles. The molecule has 21 heavy (non-hydrogen) atoms. The summed E-state index contributed by atoms with van der Waals surface area (Å²) in [5.41, 5.74) is 2.86. The summed E-state index contributed by atoms with van der Waals surface area (Å²) in [6, 6.07) is 0. The van der Waals surface area contributed by atoms with Crippen LogP contribution >= 0.6 is 0 Å². The van der Waals surface area contributed by atoms with Gasteiger partial charge in [-0.15, -0.1) is 0 Å². The molecule has 0 saturated heterocycles. The Hall–Kier alpha value is -0.830. The van der Waals surface area contributed by atoms with Crippen molar-refractivity contribution < 1.29 is 32.3 Å². The van der Waals surface area contributed by atoms with E-state index in [9.17, 15) is 0 Å². The van der Waals surface area contributed by atoms with E-state index in [-0.39, 0.29) is 9.41 Å². The predicted molar refractivity (Wildman–Crippen MR) is 80.4 cm³/mol. The van der Waals surface area contributed by atoms with E-state index >= 15 is 0 Å². The maximum absolute atomic E-state index is 2.44. The Balaban J connectivity index is 0.00000200. The SMILES string of the molecule is CCC=CC1=CC[C]([Hf+2][C]2=CC(C=CCC)=CC2)=C1.[F-].[F-]. The quantitative estimate of drug-likeness (QED) is 0.472. The monoisotopic (exact) mass is 456 g/mol. The number of halogens is 2. The average molecular weight is 455 g/mol. The zero-order valence-electron chi connectivity index (χ0n) is 12.7. The molecule has 3 heteroatoms. The number of allylic oxidation sites excluding steroid dienone is 12. The molecule has 0 bridgehead atoms. The van der Waals surface area contributed by atoms with Gasteiger partial charge >= 0.3 is 129 Å². The van der Waals surface area contributed by atoms with E-state index in [0.717, 1.165) is 12.8 Å². The van der Waals surface area contributed by atoms with Crippen molar-refractivity contribution >= 4 is 0 Å². The molecule has 0 heterocycles. The minimum atomic E-state index is -0.729. The van der Waals surface area contributed by atoms with Gasteiger partial charge in [0.25, 0.3) is 0 Å². The van der Waals surface area contributed by atoms with Crippen molar-refractivity contribution in [3.8, 4) is 0 Å². The van der Waals surface area contributed by atoms with Gasteiger partial charge in [-0.3, -0.25) is 0 Å². The molecular formula is C18H22F2Hf. The molecule has 0 aromatic rings. The smallest absolute Gasteiger partial charge is 1.00 e. The zero-order valence-corrected chi connectivity index (χ0v) is 16.3. The van der Waals surface area contributed by atoms with Crippen molar-refractivity contribution in [2.24, 2.45) is 0 Å². The molecule has 2 rings (SSSR count). The summed E-state index contributed by atoms with van der Waals surface area (Å²) < 4.78 is 3.49. The Morgan fingerprint density at radius 3 is 1.67 bits per heavy atom. The number of hydrogen-bond acceptors (Lipinski definition) is 0. The Labute approximate surface area is 138 Å². The van der Waals surface area contributed by atoms with Gasteiger partial charge in [0.1, 0.15) is 0 Å². The van der Waals surface area contributed by atoms with Crippen molar-refractivity contribution in [1.82, 2.24) is 0 Å². The van der Waals surface area contributed by atoms with Gasteiger partial charge in [0.05, 0.1) is 0 Å². The average Bonchev–Trinajstić information content (AvgIpc) is 3.04. The summed E-state index contributed by atoms with van der Waals surface area (Å²) in [5.74, 6) is 0. The molecule has 0 aromatic heterocycles. The van der Waals surface area contributed by atoms with E-state index in [4.69, 9.17) is 0 Å². The molecule has 0 aromatic carbocycles. The van der Waals surface area contributed by atoms with E-state index in [1.54, 1.807) is 6.66 Å². The first-order chi connectivity index (χ1) is 9.31. The van der Waals surface area contributed by atoms with Gasteiger partial charge in [-0.25, -0.2) is 0 Å². The molecule has 0 unspecified atom stereocenters. The molecule has 0 atom stereocenters. The van der Waals surface area contributed by atoms with Gasteiger partial charge in [-0.1, -0.05) is 0 Å². The summed E-state index contributed by atoms with van der Waals surface area (Å²) in [7, 11) is 0. The molecule has 0 radical (unpaired) electrons. The van der Waals surface area contributed by atoms with Crippen molar-refractivity contribution in [2.45, 2.75) is 39.5 Å². The fourth-order valence-corrected chi connectivity index (χ4v) is 6.88. The van der Waals surface area contributed by atoms with Crippen LogP contribution in [0.5, 0.6) is 0 Å². The van der Waals surface area contributed by atoms with Crippen LogP contribution < -0.4 is 9.41 Å². The first-order valence-electron chi connectivity index (χ1n) is 7.23. The maximum Gasteiger partial charge on any atom is -1.00 e. The second kappa shape index (κ2) is 10.8. The summed E-state index contributed by atoms with van der Waals surface area (Å²) in [4.78, 5) is 0. The number of hydrogen-bond donors (Lipinski definition) is 0. The number of rotatable bonds is 6. The molecule has 112 valence electrons. The second-order valence-corrected chi connectivity index (χ2v) is 10.4. The van der Waals surface area contributed by atoms with E-state index < -0.39 is 22.9 Å². The first-order valence-corrected chi connectivity index (χ1v) is 10.8. The molecule has 2 aliphatic carbocycles. The minimum absolute atomic E-state index is 0. The second-order valence-electron chi connectivity index (χ2n) is 4.90. The topological polar surface area (TPSA) is 0 Å². The third-order valence-corrected chi connectivity index (χ3v) is 8.02. The van der Waals surface area contributed by atoms with Gasteiger partial charge in [0.2, 0.25) is 0 Å². The summed E-state index contributed by atoms with van der Waals surface area (Å²) in [5, 5.41) is 0. The van der Waals surface area contributed by atoms with Crippen molar-refractivity contribution in [3.63, 3.8) is 0 Å². The molecule has 0 nitrogen and oxygen atoms in total. The van der Waals surface area contributed by atoms with E-state index in [0.29, 0.717) is 0 Å². The largest absolute Gasteiger partial charge is 1.00 e. The van der Waals surface area contributed by atoms with Crippen molar-refractivity contribution in [3.05, 3.63) is 66.4 Å². The van der Waals surface area contributed by atoms with Crippen LogP contribution in [0.4, 0.5) is 0 Å². The predicted octanol–water partition coefficient (Wildman–Crippen LogP) is -0.563. The van der Waals surface area contributed by atoms with E-state index in [1.165, 1.54) is 24.0 Å². The summed E-state index contributed by atoms with van der Waals surface area (Å²) >= 11 is -0.729. The first kappa shape index (κ1) is 20.2. The van der Waals surface area contributed by atoms with Crippen molar-refractivity contribution in [2.75, 3.05) is 0 Å². The van der Waals surface area contributed by atoms with Gasteiger partial charge < -0.3 is 9.41 Å². The Morgan fingerprint density at radius 2 is 1.29 bits per heavy atom. The molecule has 0 saturated carbocycles. The van der Waals surface area contributed by atoms with Crippen LogP contribution in [0.25, 0.3) is 0 Å². The van der Waals surface area contributed by atoms with Crippen molar-refractivity contribution in [1.29, 1.82) is 0 Å². The van der Waals surface area contributed by atoms with Crippen LogP contribution in [0.2, 0.25) is 0 Å². The van der Waals surface area contributed by atoms with Gasteiger partial charge in [-0.2, -0.15) is 0 Å². The summed E-state index contributed by atoms with van der Waals surface area (Å²) in [6.07, 6.45) is 23.4. The molecule has 0 fully saturated rings. The zero-order chi connectivity index (χ0) is 13.5. The van der Waals surface area contributed by atoms with Crippen LogP contribution in [0, 0.1) is 0 Å². The molecular weight excluding hydrogens is 433 g/mol. The molecule has 0 amide bonds. The van der Waals surface area contributed by atoms with Crippen LogP contribution in [0.3, 0.4) is 0 Å². The third kappa shape index (κ3) is 6.64. The van der Waals surface area contributed by atoms with Gasteiger partial charge in [0, 0.05) is 0 Å². The van der Waals surface area contributed by atoms with E-state index in [2.05, 4.69) is 62.5 Å². The standard InChI is InChI=1S/2C9H11.2FH.Hf/c2*1-2-3-6-9-7-4-5-8-9;;;/h2*3,6-8H,2,4H2,1H3;2*1H;/q;;;;+2/p-2. The van der Waals surface area contributed by atoms with Crippen LogP contribution in [0.15, 0.2) is 66.4 Å². The fraction of sp³-hybridized carbons (Fsp3) is 0.333. The molecule has 0 spiro atoms. The van der Waals surface area contributed by atoms with Gasteiger partial charge in [0.15, 0.2) is 0 Å². The van der Waals surface area contributed by atoms with E-state index in [1.807, 2.05) is 0 Å². The molecule has 0 N–H and O–H groups in total. The van der Waals surface area contributed by atoms with Crippen LogP contribution in [-0.4, -0.2) is 0 Å². The Bertz CT molecular complexity index is 459. The van der Waals surface area contributed by atoms with Gasteiger partial charge in [-0.05, 0) is 0 Å². The summed E-state index contributed by atoms with van der Waals surface area (Å²) in [6.45, 7) is 4.38. The third-order valence-electron chi connectivity index (χ3n) is 3.21. The maximum atomic E-state index is 2.44. The molecule has 2 aliphatic rings. The fourth-order valence-electron chi connectivity index (χ4n) is 2.21. The minimum Gasteiger partial charge on any atom is -1.00 e. The Kier molecular flexibility index (Phi) is 10.4. The van der Waals surface area contributed by atoms with Crippen LogP contribution in [-0.2, 0) is 22.9 Å². The van der Waals surface area contributed by atoms with Crippen LogP contribution in [0.1, 0.15) is 39.5 Å². The Morgan fingerprint density at radius 1 is 0.857 bits per heavy atom. The normalized spacial score (nSPS) is 16.9.